The Kier molecular flexibility index (Phi) is 4.29. The lowest BCUT2D eigenvalue weighted by Gasteiger charge is -2.42. The fraction of sp³-hybridized carbons (Fsp3) is 0.435. The summed E-state index contributed by atoms with van der Waals surface area (Å²) in [6.07, 6.45) is 4.50. The Balaban J connectivity index is 1.86. The van der Waals surface area contributed by atoms with Crippen LogP contribution in [0.2, 0.25) is 0 Å². The predicted octanol–water partition coefficient (Wildman–Crippen LogP) is 4.47. The number of anilines is 3. The first-order valence-electron chi connectivity index (χ1n) is 10.1. The predicted molar refractivity (Wildman–Crippen MR) is 115 cm³/mol. The molecule has 1 aliphatic heterocycles. The van der Waals surface area contributed by atoms with Gasteiger partial charge in [-0.2, -0.15) is 0 Å². The quantitative estimate of drug-likeness (QED) is 0.624. The molecule has 0 fully saturated rings. The van der Waals surface area contributed by atoms with Crippen LogP contribution in [-0.2, 0) is 19.6 Å². The van der Waals surface area contributed by atoms with E-state index in [2.05, 4.69) is 127 Å². The Hall–Kier alpha value is -2.69. The number of para-hydroxylation sites is 2. The summed E-state index contributed by atoms with van der Waals surface area (Å²) in [7, 11) is 4.28. The molecule has 0 spiro atoms. The lowest BCUT2D eigenvalue weighted by molar-refractivity contribution is -0.789. The molecule has 0 saturated carbocycles. The van der Waals surface area contributed by atoms with Crippen LogP contribution in [0.1, 0.15) is 46.4 Å². The van der Waals surface area contributed by atoms with Gasteiger partial charge in [-0.25, -0.2) is 0 Å². The molecular weight excluding hydrogens is 346 g/mol. The van der Waals surface area contributed by atoms with Crippen LogP contribution in [0.25, 0.3) is 0 Å². The lowest BCUT2D eigenvalue weighted by atomic mass is 9.96. The minimum absolute atomic E-state index is 0.151. The number of fused-ring (bicyclic) bond motifs is 1. The molecule has 0 amide bonds. The van der Waals surface area contributed by atoms with Crippen molar-refractivity contribution in [2.45, 2.75) is 52.4 Å². The van der Waals surface area contributed by atoms with Gasteiger partial charge in [0.25, 0.3) is 0 Å². The maximum absolute atomic E-state index is 2.55. The molecule has 1 aromatic carbocycles. The van der Waals surface area contributed by atoms with E-state index >= 15 is 0 Å². The second-order valence-corrected chi connectivity index (χ2v) is 8.60. The largest absolute Gasteiger partial charge is 0.352 e. The van der Waals surface area contributed by atoms with E-state index < -0.39 is 0 Å². The van der Waals surface area contributed by atoms with Gasteiger partial charge in [-0.1, -0.05) is 12.1 Å². The number of rotatable bonds is 4. The van der Waals surface area contributed by atoms with Crippen molar-refractivity contribution in [1.82, 2.24) is 9.25 Å². The monoisotopic (exact) mass is 378 g/mol. The van der Waals surface area contributed by atoms with Crippen molar-refractivity contribution in [2.24, 2.45) is 14.1 Å². The lowest BCUT2D eigenvalue weighted by Crippen LogP contribution is -2.51. The first-order chi connectivity index (χ1) is 13.2. The minimum atomic E-state index is -0.151. The smallest absolute Gasteiger partial charge is 0.198 e. The molecule has 0 unspecified atom stereocenters. The van der Waals surface area contributed by atoms with Gasteiger partial charge in [-0.05, 0) is 58.9 Å². The molecule has 3 aromatic rings. The van der Waals surface area contributed by atoms with E-state index in [-0.39, 0.29) is 11.7 Å². The zero-order valence-corrected chi connectivity index (χ0v) is 18.1. The van der Waals surface area contributed by atoms with Gasteiger partial charge < -0.3 is 14.4 Å². The standard InChI is InChI=1S/C23H32N5/c1-17(2)26-16-14-22(25(26)7)27-18(3)28(20-12-9-8-11-19(20)27)23(4,5)21-13-10-15-24(21)6/h8-18H,1-7H3/q+1/t18-/m1/s1. The van der Waals surface area contributed by atoms with Crippen LogP contribution in [0.4, 0.5) is 17.2 Å². The molecule has 1 atom stereocenters. The fourth-order valence-corrected chi connectivity index (χ4v) is 4.92. The molecule has 5 nitrogen and oxygen atoms in total. The van der Waals surface area contributed by atoms with Crippen molar-refractivity contribution < 1.29 is 4.68 Å². The Morgan fingerprint density at radius 3 is 2.21 bits per heavy atom. The zero-order chi connectivity index (χ0) is 20.2. The fourth-order valence-electron chi connectivity index (χ4n) is 4.92. The van der Waals surface area contributed by atoms with E-state index in [1.165, 1.54) is 22.9 Å². The average molecular weight is 379 g/mol. The van der Waals surface area contributed by atoms with Crippen molar-refractivity contribution in [2.75, 3.05) is 9.80 Å². The van der Waals surface area contributed by atoms with E-state index in [1.54, 1.807) is 0 Å². The Morgan fingerprint density at radius 2 is 1.64 bits per heavy atom. The van der Waals surface area contributed by atoms with Gasteiger partial charge >= 0.3 is 0 Å². The summed E-state index contributed by atoms with van der Waals surface area (Å²) in [4.78, 5) is 5.00. The molecule has 5 heteroatoms. The van der Waals surface area contributed by atoms with Crippen LogP contribution in [0.15, 0.2) is 54.9 Å². The van der Waals surface area contributed by atoms with Gasteiger partial charge in [-0.15, -0.1) is 9.36 Å². The highest BCUT2D eigenvalue weighted by Gasteiger charge is 2.44. The normalized spacial score (nSPS) is 16.9. The highest BCUT2D eigenvalue weighted by molar-refractivity contribution is 5.83. The Bertz CT molecular complexity index is 994. The highest BCUT2D eigenvalue weighted by Crippen LogP contribution is 2.49. The summed E-state index contributed by atoms with van der Waals surface area (Å²) >= 11 is 0. The second-order valence-electron chi connectivity index (χ2n) is 8.60. The van der Waals surface area contributed by atoms with E-state index in [0.717, 1.165) is 0 Å². The number of aryl methyl sites for hydroxylation is 1. The third-order valence-corrected chi connectivity index (χ3v) is 6.15. The maximum Gasteiger partial charge on any atom is 0.198 e. The maximum atomic E-state index is 2.55. The third-order valence-electron chi connectivity index (χ3n) is 6.15. The molecule has 0 bridgehead atoms. The Labute approximate surface area is 168 Å². The summed E-state index contributed by atoms with van der Waals surface area (Å²) in [6, 6.07) is 15.8. The third kappa shape index (κ3) is 2.56. The van der Waals surface area contributed by atoms with E-state index in [4.69, 9.17) is 0 Å². The van der Waals surface area contributed by atoms with Crippen molar-refractivity contribution >= 4 is 17.2 Å². The molecule has 1 aliphatic rings. The molecule has 2 aromatic heterocycles. The van der Waals surface area contributed by atoms with Crippen LogP contribution < -0.4 is 14.5 Å². The van der Waals surface area contributed by atoms with Crippen LogP contribution >= 0.6 is 0 Å². The van der Waals surface area contributed by atoms with Gasteiger partial charge in [0.15, 0.2) is 18.1 Å². The molecule has 0 radical (unpaired) electrons. The number of aromatic nitrogens is 3. The molecule has 28 heavy (non-hydrogen) atoms. The van der Waals surface area contributed by atoms with Crippen LogP contribution in [0, 0.1) is 0 Å². The molecule has 0 N–H and O–H groups in total. The van der Waals surface area contributed by atoms with Gasteiger partial charge in [0.05, 0.1) is 30.0 Å². The van der Waals surface area contributed by atoms with Crippen molar-refractivity contribution in [1.29, 1.82) is 0 Å². The molecule has 4 rings (SSSR count). The minimum Gasteiger partial charge on any atom is -0.352 e. The average Bonchev–Trinajstić information content (AvgIpc) is 3.30. The van der Waals surface area contributed by atoms with Crippen molar-refractivity contribution in [3.8, 4) is 0 Å². The summed E-state index contributed by atoms with van der Waals surface area (Å²) in [6.45, 7) is 11.4. The molecule has 0 aliphatic carbocycles. The van der Waals surface area contributed by atoms with E-state index in [1.807, 2.05) is 0 Å². The highest BCUT2D eigenvalue weighted by atomic mass is 15.5. The first kappa shape index (κ1) is 18.7. The van der Waals surface area contributed by atoms with Crippen molar-refractivity contribution in [3.05, 3.63) is 60.6 Å². The van der Waals surface area contributed by atoms with E-state index in [9.17, 15) is 0 Å². The first-order valence-corrected chi connectivity index (χ1v) is 10.1. The number of hydrogen-bond donors (Lipinski definition) is 0. The van der Waals surface area contributed by atoms with Crippen molar-refractivity contribution in [3.63, 3.8) is 0 Å². The molecule has 0 saturated heterocycles. The summed E-state index contributed by atoms with van der Waals surface area (Å²) in [5, 5.41) is 0. The molecule has 3 heterocycles. The van der Waals surface area contributed by atoms with Crippen LogP contribution in [0.5, 0.6) is 0 Å². The van der Waals surface area contributed by atoms with Crippen LogP contribution in [-0.4, -0.2) is 15.4 Å². The molecule has 148 valence electrons. The Morgan fingerprint density at radius 1 is 0.964 bits per heavy atom. The topological polar surface area (TPSA) is 20.2 Å². The van der Waals surface area contributed by atoms with Gasteiger partial charge in [0, 0.05) is 18.9 Å². The summed E-state index contributed by atoms with van der Waals surface area (Å²) in [5.74, 6) is 1.21. The molecular formula is C23H32N5+. The SMILES string of the molecule is CC(C)[n+]1ccc(N2c3ccccc3N(C(C)(C)c3cccn3C)[C@@H]2C)n1C. The summed E-state index contributed by atoms with van der Waals surface area (Å²) in [5.41, 5.74) is 3.69. The zero-order valence-electron chi connectivity index (χ0n) is 18.1. The number of benzene rings is 1. The summed E-state index contributed by atoms with van der Waals surface area (Å²) < 4.78 is 6.76. The number of nitrogens with zero attached hydrogens (tertiary/aromatic N) is 5. The number of hydrogen-bond acceptors (Lipinski definition) is 2. The van der Waals surface area contributed by atoms with E-state index in [0.29, 0.717) is 6.04 Å². The van der Waals surface area contributed by atoms with Gasteiger partial charge in [-0.3, -0.25) is 0 Å². The van der Waals surface area contributed by atoms with Gasteiger partial charge in [0.1, 0.15) is 6.17 Å². The second kappa shape index (κ2) is 6.43. The van der Waals surface area contributed by atoms with Gasteiger partial charge in [0.2, 0.25) is 0 Å². The van der Waals surface area contributed by atoms with Crippen LogP contribution in [0.3, 0.4) is 0 Å².